The van der Waals surface area contributed by atoms with Gasteiger partial charge in [0.15, 0.2) is 6.61 Å². The predicted molar refractivity (Wildman–Crippen MR) is 74.5 cm³/mol. The molecule has 0 saturated carbocycles. The van der Waals surface area contributed by atoms with Gasteiger partial charge in [-0.15, -0.1) is 0 Å². The van der Waals surface area contributed by atoms with E-state index >= 15 is 0 Å². The van der Waals surface area contributed by atoms with Crippen LogP contribution in [0.2, 0.25) is 0 Å². The minimum absolute atomic E-state index is 0.00815. The fourth-order valence-corrected chi connectivity index (χ4v) is 1.62. The molecule has 1 N–H and O–H groups in total. The van der Waals surface area contributed by atoms with Gasteiger partial charge in [0.25, 0.3) is 5.91 Å². The van der Waals surface area contributed by atoms with Crippen LogP contribution < -0.4 is 10.1 Å². The van der Waals surface area contributed by atoms with Gasteiger partial charge in [0, 0.05) is 12.1 Å². The van der Waals surface area contributed by atoms with Gasteiger partial charge in [0.05, 0.1) is 0 Å². The molecule has 0 aromatic heterocycles. The molecule has 0 radical (unpaired) electrons. The minimum Gasteiger partial charge on any atom is -0.484 e. The van der Waals surface area contributed by atoms with Crippen LogP contribution in [-0.2, 0) is 4.79 Å². The molecular formula is C15H21NO3. The van der Waals surface area contributed by atoms with Crippen LogP contribution in [0.4, 0.5) is 0 Å². The van der Waals surface area contributed by atoms with E-state index in [0.29, 0.717) is 17.9 Å². The lowest BCUT2D eigenvalue weighted by atomic mass is 10.2. The summed E-state index contributed by atoms with van der Waals surface area (Å²) >= 11 is 0. The molecule has 0 aliphatic heterocycles. The lowest BCUT2D eigenvalue weighted by Crippen LogP contribution is -2.29. The monoisotopic (exact) mass is 263 g/mol. The highest BCUT2D eigenvalue weighted by Crippen LogP contribution is 2.10. The first kappa shape index (κ1) is 15.2. The average Bonchev–Trinajstić information content (AvgIpc) is 2.45. The number of carbonyl (C=O) groups excluding carboxylic acids is 2. The van der Waals surface area contributed by atoms with Crippen molar-refractivity contribution in [1.29, 1.82) is 0 Å². The number of amides is 1. The average molecular weight is 263 g/mol. The predicted octanol–water partition coefficient (Wildman–Crippen LogP) is 2.57. The van der Waals surface area contributed by atoms with Crippen LogP contribution in [0.5, 0.6) is 5.75 Å². The highest BCUT2D eigenvalue weighted by molar-refractivity contribution is 5.77. The van der Waals surface area contributed by atoms with E-state index in [-0.39, 0.29) is 12.5 Å². The number of ether oxygens (including phenoxy) is 1. The first-order valence-corrected chi connectivity index (χ1v) is 6.71. The van der Waals surface area contributed by atoms with Crippen molar-refractivity contribution in [2.75, 3.05) is 13.2 Å². The lowest BCUT2D eigenvalue weighted by Gasteiger charge is -2.07. The molecule has 19 heavy (non-hydrogen) atoms. The second-order valence-corrected chi connectivity index (χ2v) is 4.39. The van der Waals surface area contributed by atoms with Crippen LogP contribution in [0.1, 0.15) is 43.0 Å². The maximum Gasteiger partial charge on any atom is 0.257 e. The first-order chi connectivity index (χ1) is 9.26. The maximum absolute atomic E-state index is 11.5. The third-order valence-corrected chi connectivity index (χ3v) is 2.74. The van der Waals surface area contributed by atoms with E-state index in [1.165, 1.54) is 12.8 Å². The Balaban J connectivity index is 2.16. The number of aldehydes is 1. The smallest absolute Gasteiger partial charge is 0.257 e. The summed E-state index contributed by atoms with van der Waals surface area (Å²) < 4.78 is 5.32. The van der Waals surface area contributed by atoms with Crippen molar-refractivity contribution in [1.82, 2.24) is 5.32 Å². The van der Waals surface area contributed by atoms with E-state index in [2.05, 4.69) is 12.2 Å². The summed E-state index contributed by atoms with van der Waals surface area (Å²) in [5.74, 6) is 0.475. The molecule has 0 atom stereocenters. The van der Waals surface area contributed by atoms with Crippen LogP contribution in [0.3, 0.4) is 0 Å². The van der Waals surface area contributed by atoms with Crippen molar-refractivity contribution in [2.24, 2.45) is 0 Å². The van der Waals surface area contributed by atoms with E-state index in [4.69, 9.17) is 4.74 Å². The van der Waals surface area contributed by atoms with E-state index in [1.807, 2.05) is 0 Å². The quantitative estimate of drug-likeness (QED) is 0.550. The summed E-state index contributed by atoms with van der Waals surface area (Å²) in [4.78, 5) is 22.0. The van der Waals surface area contributed by atoms with Crippen LogP contribution in [0.15, 0.2) is 24.3 Å². The fraction of sp³-hybridized carbons (Fsp3) is 0.467. The molecule has 0 aliphatic rings. The van der Waals surface area contributed by atoms with Gasteiger partial charge >= 0.3 is 0 Å². The largest absolute Gasteiger partial charge is 0.484 e. The maximum atomic E-state index is 11.5. The highest BCUT2D eigenvalue weighted by atomic mass is 16.5. The topological polar surface area (TPSA) is 55.4 Å². The number of hydrogen-bond acceptors (Lipinski definition) is 3. The van der Waals surface area contributed by atoms with Gasteiger partial charge in [-0.3, -0.25) is 9.59 Å². The second kappa shape index (κ2) is 9.14. The standard InChI is InChI=1S/C15H21NO3/c1-2-3-4-5-10-16-15(18)12-19-14-8-6-13(11-17)7-9-14/h6-9,11H,2-5,10,12H2,1H3,(H,16,18). The zero-order valence-electron chi connectivity index (χ0n) is 11.4. The van der Waals surface area contributed by atoms with Crippen LogP contribution >= 0.6 is 0 Å². The molecule has 0 saturated heterocycles. The molecule has 1 rings (SSSR count). The van der Waals surface area contributed by atoms with Crippen LogP contribution in [-0.4, -0.2) is 25.3 Å². The Labute approximate surface area is 114 Å². The SMILES string of the molecule is CCCCCCNC(=O)COc1ccc(C=O)cc1. The van der Waals surface area contributed by atoms with E-state index in [0.717, 1.165) is 19.1 Å². The summed E-state index contributed by atoms with van der Waals surface area (Å²) in [7, 11) is 0. The Morgan fingerprint density at radius 1 is 1.21 bits per heavy atom. The van der Waals surface area contributed by atoms with Gasteiger partial charge in [-0.05, 0) is 30.7 Å². The van der Waals surface area contributed by atoms with E-state index in [9.17, 15) is 9.59 Å². The van der Waals surface area contributed by atoms with Crippen molar-refractivity contribution in [3.05, 3.63) is 29.8 Å². The fourth-order valence-electron chi connectivity index (χ4n) is 1.62. The third-order valence-electron chi connectivity index (χ3n) is 2.74. The van der Waals surface area contributed by atoms with Crippen molar-refractivity contribution < 1.29 is 14.3 Å². The van der Waals surface area contributed by atoms with E-state index in [1.54, 1.807) is 24.3 Å². The number of benzene rings is 1. The van der Waals surface area contributed by atoms with Crippen molar-refractivity contribution in [3.8, 4) is 5.75 Å². The third kappa shape index (κ3) is 6.60. The minimum atomic E-state index is -0.115. The van der Waals surface area contributed by atoms with Crippen molar-refractivity contribution >= 4 is 12.2 Å². The number of unbranched alkanes of at least 4 members (excludes halogenated alkanes) is 3. The molecule has 0 spiro atoms. The Kier molecular flexibility index (Phi) is 7.32. The van der Waals surface area contributed by atoms with E-state index < -0.39 is 0 Å². The molecule has 0 unspecified atom stereocenters. The number of nitrogens with one attached hydrogen (secondary N) is 1. The summed E-state index contributed by atoms with van der Waals surface area (Å²) in [5, 5.41) is 2.81. The second-order valence-electron chi connectivity index (χ2n) is 4.39. The molecule has 1 aromatic rings. The lowest BCUT2D eigenvalue weighted by molar-refractivity contribution is -0.123. The van der Waals surface area contributed by atoms with Gasteiger partial charge in [0.2, 0.25) is 0 Å². The molecule has 4 heteroatoms. The molecule has 104 valence electrons. The molecule has 0 heterocycles. The van der Waals surface area contributed by atoms with Crippen LogP contribution in [0, 0.1) is 0 Å². The Morgan fingerprint density at radius 3 is 2.58 bits per heavy atom. The number of rotatable bonds is 9. The molecule has 1 amide bonds. The van der Waals surface area contributed by atoms with Gasteiger partial charge in [-0.2, -0.15) is 0 Å². The van der Waals surface area contributed by atoms with Crippen molar-refractivity contribution in [3.63, 3.8) is 0 Å². The molecule has 0 bridgehead atoms. The molecule has 4 nitrogen and oxygen atoms in total. The summed E-state index contributed by atoms with van der Waals surface area (Å²) in [6, 6.07) is 6.67. The van der Waals surface area contributed by atoms with Gasteiger partial charge < -0.3 is 10.1 Å². The van der Waals surface area contributed by atoms with Crippen molar-refractivity contribution in [2.45, 2.75) is 32.6 Å². The normalized spacial score (nSPS) is 9.95. The molecule has 0 aliphatic carbocycles. The molecule has 0 fully saturated rings. The Bertz CT molecular complexity index is 387. The summed E-state index contributed by atoms with van der Waals surface area (Å²) in [5.41, 5.74) is 0.590. The first-order valence-electron chi connectivity index (χ1n) is 6.71. The Hall–Kier alpha value is -1.84. The number of carbonyl (C=O) groups is 2. The van der Waals surface area contributed by atoms with Crippen LogP contribution in [0.25, 0.3) is 0 Å². The zero-order chi connectivity index (χ0) is 13.9. The van der Waals surface area contributed by atoms with Gasteiger partial charge in [0.1, 0.15) is 12.0 Å². The molecular weight excluding hydrogens is 242 g/mol. The molecule has 1 aromatic carbocycles. The Morgan fingerprint density at radius 2 is 1.95 bits per heavy atom. The van der Waals surface area contributed by atoms with Gasteiger partial charge in [-0.25, -0.2) is 0 Å². The zero-order valence-corrected chi connectivity index (χ0v) is 11.4. The number of hydrogen-bond donors (Lipinski definition) is 1. The summed E-state index contributed by atoms with van der Waals surface area (Å²) in [6.45, 7) is 2.86. The summed E-state index contributed by atoms with van der Waals surface area (Å²) in [6.07, 6.45) is 5.31. The highest BCUT2D eigenvalue weighted by Gasteiger charge is 2.02. The van der Waals surface area contributed by atoms with Gasteiger partial charge in [-0.1, -0.05) is 26.2 Å².